The van der Waals surface area contributed by atoms with Crippen LogP contribution in [0.2, 0.25) is 0 Å². The third-order valence-electron chi connectivity index (χ3n) is 7.93. The molecule has 2 saturated heterocycles. The molecule has 0 aliphatic carbocycles. The first-order valence-electron chi connectivity index (χ1n) is 14.3. The molecule has 0 bridgehead atoms. The molecule has 226 valence electrons. The van der Waals surface area contributed by atoms with Gasteiger partial charge in [0.2, 0.25) is 0 Å². The minimum Gasteiger partial charge on any atom is -0.483 e. The average Bonchev–Trinajstić information content (AvgIpc) is 3.36. The second kappa shape index (κ2) is 14.5. The number of ether oxygens (including phenoxy) is 1. The summed E-state index contributed by atoms with van der Waals surface area (Å²) in [6.07, 6.45) is 4.66. The van der Waals surface area contributed by atoms with Gasteiger partial charge in [-0.3, -0.25) is 14.5 Å². The molecule has 0 saturated carbocycles. The van der Waals surface area contributed by atoms with Gasteiger partial charge in [-0.05, 0) is 70.7 Å². The smallest absolute Gasteiger partial charge is 0.290 e. The van der Waals surface area contributed by atoms with Crippen molar-refractivity contribution in [2.45, 2.75) is 66.0 Å². The lowest BCUT2D eigenvalue weighted by molar-refractivity contribution is -0.122. The quantitative estimate of drug-likeness (QED) is 0.383. The Labute approximate surface area is 241 Å². The highest BCUT2D eigenvalue weighted by Crippen LogP contribution is 2.44. The van der Waals surface area contributed by atoms with Gasteiger partial charge in [-0.1, -0.05) is 13.8 Å². The number of carbonyl (C=O) groups excluding carboxylic acids is 1. The van der Waals surface area contributed by atoms with Gasteiger partial charge in [0, 0.05) is 50.2 Å². The van der Waals surface area contributed by atoms with Crippen LogP contribution in [0.5, 0.6) is 11.6 Å². The summed E-state index contributed by atoms with van der Waals surface area (Å²) in [6, 6.07) is 4.49. The largest absolute Gasteiger partial charge is 0.483 e. The third-order valence-corrected chi connectivity index (χ3v) is 7.93. The van der Waals surface area contributed by atoms with Crippen molar-refractivity contribution >= 4 is 18.2 Å². The Hall–Kier alpha value is -3.38. The second-order valence-corrected chi connectivity index (χ2v) is 11.4. The Morgan fingerprint density at radius 1 is 1.27 bits per heavy atom. The summed E-state index contributed by atoms with van der Waals surface area (Å²) >= 11 is 0. The first kappa shape index (κ1) is 32.1. The highest BCUT2D eigenvalue weighted by atomic mass is 19.1. The zero-order valence-corrected chi connectivity index (χ0v) is 24.8. The van der Waals surface area contributed by atoms with Gasteiger partial charge < -0.3 is 25.4 Å². The van der Waals surface area contributed by atoms with E-state index in [0.717, 1.165) is 52.0 Å². The van der Waals surface area contributed by atoms with Crippen LogP contribution >= 0.6 is 0 Å². The van der Waals surface area contributed by atoms with Crippen LogP contribution in [0.15, 0.2) is 24.5 Å². The van der Waals surface area contributed by atoms with Crippen molar-refractivity contribution < 1.29 is 23.8 Å². The summed E-state index contributed by atoms with van der Waals surface area (Å²) in [5.41, 5.74) is 6.15. The maximum atomic E-state index is 14.2. The van der Waals surface area contributed by atoms with Crippen molar-refractivity contribution in [3.63, 3.8) is 0 Å². The lowest BCUT2D eigenvalue weighted by Gasteiger charge is -2.53. The number of nitrogens with two attached hydrogens (primary N) is 1. The molecule has 1 aromatic carbocycles. The molecule has 3 heterocycles. The molecule has 4 rings (SSSR count). The lowest BCUT2D eigenvalue weighted by Crippen LogP contribution is -2.62. The van der Waals surface area contributed by atoms with Crippen molar-refractivity contribution in [1.29, 1.82) is 0 Å². The molecule has 1 spiro atoms. The summed E-state index contributed by atoms with van der Waals surface area (Å²) in [5, 5.41) is 15.0. The molecular formula is C29H44FN7O4. The van der Waals surface area contributed by atoms with Gasteiger partial charge >= 0.3 is 0 Å². The number of rotatable bonds is 11. The van der Waals surface area contributed by atoms with Crippen LogP contribution in [0.25, 0.3) is 0 Å². The van der Waals surface area contributed by atoms with Crippen LogP contribution in [-0.2, 0) is 4.79 Å². The number of nitrogens with zero attached hydrogens (tertiary/aromatic N) is 6. The molecule has 2 fully saturated rings. The Morgan fingerprint density at radius 3 is 2.59 bits per heavy atom. The number of halogens is 1. The molecule has 41 heavy (non-hydrogen) atoms. The number of benzene rings is 1. The van der Waals surface area contributed by atoms with Crippen LogP contribution in [0.4, 0.5) is 10.2 Å². The zero-order valence-electron chi connectivity index (χ0n) is 24.8. The van der Waals surface area contributed by atoms with Gasteiger partial charge in [0.05, 0.1) is 5.56 Å². The molecule has 1 atom stereocenters. The molecule has 0 radical (unpaired) electrons. The molecule has 1 amide bonds. The number of likely N-dealkylation sites (tertiary alicyclic amines) is 1. The molecule has 2 aromatic rings. The molecule has 0 unspecified atom stereocenters. The molecular weight excluding hydrogens is 529 g/mol. The number of hydrogen-bond donors (Lipinski definition) is 2. The molecule has 3 N–H and O–H groups in total. The molecule has 12 heteroatoms. The van der Waals surface area contributed by atoms with E-state index in [1.807, 2.05) is 20.8 Å². The molecule has 1 aromatic heterocycles. The summed E-state index contributed by atoms with van der Waals surface area (Å²) in [4.78, 5) is 32.6. The fourth-order valence-electron chi connectivity index (χ4n) is 5.99. The van der Waals surface area contributed by atoms with Gasteiger partial charge in [0.1, 0.15) is 17.9 Å². The number of aromatic nitrogens is 3. The van der Waals surface area contributed by atoms with E-state index < -0.39 is 5.82 Å². The minimum absolute atomic E-state index is 0.0363. The van der Waals surface area contributed by atoms with Crippen LogP contribution in [0.1, 0.15) is 64.2 Å². The summed E-state index contributed by atoms with van der Waals surface area (Å²) in [6.45, 7) is 15.1. The summed E-state index contributed by atoms with van der Waals surface area (Å²) in [5.74, 6) is 0.853. The van der Waals surface area contributed by atoms with Gasteiger partial charge in [-0.25, -0.2) is 9.37 Å². The van der Waals surface area contributed by atoms with E-state index in [0.29, 0.717) is 24.3 Å². The maximum absolute atomic E-state index is 14.2. The van der Waals surface area contributed by atoms with Crippen molar-refractivity contribution in [1.82, 2.24) is 25.0 Å². The Bertz CT molecular complexity index is 1160. The van der Waals surface area contributed by atoms with Crippen LogP contribution in [0, 0.1) is 17.2 Å². The highest BCUT2D eigenvalue weighted by Gasteiger charge is 2.50. The number of hydrogen-bond acceptors (Lipinski definition) is 9. The first-order valence-corrected chi connectivity index (χ1v) is 14.3. The number of carboxylic acid groups (broad SMARTS) is 1. The van der Waals surface area contributed by atoms with Gasteiger partial charge in [-0.2, -0.15) is 0 Å². The Kier molecular flexibility index (Phi) is 11.4. The summed E-state index contributed by atoms with van der Waals surface area (Å²) < 4.78 is 20.3. The number of amides is 1. The topological polar surface area (TPSA) is 138 Å². The minimum atomic E-state index is -0.500. The fraction of sp³-hybridized carbons (Fsp3) is 0.621. The first-order chi connectivity index (χ1) is 19.6. The second-order valence-electron chi connectivity index (χ2n) is 11.4. The molecule has 2 aliphatic heterocycles. The highest BCUT2D eigenvalue weighted by molar-refractivity contribution is 5.97. The van der Waals surface area contributed by atoms with Crippen LogP contribution < -0.4 is 15.4 Å². The van der Waals surface area contributed by atoms with Gasteiger partial charge in [0.25, 0.3) is 18.3 Å². The summed E-state index contributed by atoms with van der Waals surface area (Å²) in [7, 11) is 0. The van der Waals surface area contributed by atoms with E-state index in [9.17, 15) is 9.18 Å². The average molecular weight is 574 g/mol. The SMILES string of the molecule is CCN(C(=O)c1cc(F)ccc1Oc1nncnc1N1CCC2(C1)CN([C@@H](CCCN)C(C)C)C2)C(C)C.O=CO. The van der Waals surface area contributed by atoms with Crippen molar-refractivity contribution in [2.75, 3.05) is 44.2 Å². The standard InChI is InChI=1S/C28H42FN7O2.CH2O2/c1-6-36(20(4)5)27(37)22-14-21(29)9-10-24(22)38-26-25(31-18-32-33-26)34-13-11-28(15-34)16-35(17-28)23(19(2)3)8-7-12-30;2-1-3/h9-10,14,18-20,23H,6-8,11-13,15-17,30H2,1-5H3;1H,(H,2,3)/t23-;/m0./s1. The zero-order chi connectivity index (χ0) is 30.2. The Balaban J connectivity index is 0.00000147. The van der Waals surface area contributed by atoms with E-state index in [2.05, 4.69) is 38.8 Å². The third kappa shape index (κ3) is 7.68. The number of anilines is 1. The molecule has 2 aliphatic rings. The normalized spacial score (nSPS) is 16.8. The van der Waals surface area contributed by atoms with Crippen molar-refractivity contribution in [3.8, 4) is 11.6 Å². The van der Waals surface area contributed by atoms with Crippen molar-refractivity contribution in [3.05, 3.63) is 35.9 Å². The van der Waals surface area contributed by atoms with Crippen LogP contribution in [0.3, 0.4) is 0 Å². The van der Waals surface area contributed by atoms with Crippen molar-refractivity contribution in [2.24, 2.45) is 17.1 Å². The van der Waals surface area contributed by atoms with E-state index in [4.69, 9.17) is 20.4 Å². The maximum Gasteiger partial charge on any atom is 0.290 e. The van der Waals surface area contributed by atoms with Crippen LogP contribution in [-0.4, -0.2) is 93.8 Å². The van der Waals surface area contributed by atoms with Gasteiger partial charge in [-0.15, -0.1) is 10.2 Å². The Morgan fingerprint density at radius 2 is 1.98 bits per heavy atom. The monoisotopic (exact) mass is 573 g/mol. The predicted molar refractivity (Wildman–Crippen MR) is 155 cm³/mol. The van der Waals surface area contributed by atoms with E-state index in [1.165, 1.54) is 24.5 Å². The van der Waals surface area contributed by atoms with E-state index >= 15 is 0 Å². The van der Waals surface area contributed by atoms with E-state index in [1.54, 1.807) is 4.90 Å². The predicted octanol–water partition coefficient (Wildman–Crippen LogP) is 3.65. The van der Waals surface area contributed by atoms with Gasteiger partial charge in [0.15, 0.2) is 5.82 Å². The lowest BCUT2D eigenvalue weighted by atomic mass is 9.76. The fourth-order valence-corrected chi connectivity index (χ4v) is 5.99. The number of carbonyl (C=O) groups is 2. The molecule has 11 nitrogen and oxygen atoms in total. The van der Waals surface area contributed by atoms with E-state index in [-0.39, 0.29) is 41.0 Å².